The van der Waals surface area contributed by atoms with Crippen LogP contribution in [0.25, 0.3) is 0 Å². The highest BCUT2D eigenvalue weighted by atomic mass is 16.5. The Hall–Kier alpha value is -2.37. The number of aliphatic carboxylic acids is 1. The molecule has 6 nitrogen and oxygen atoms in total. The first kappa shape index (κ1) is 14.7. The van der Waals surface area contributed by atoms with Crippen molar-refractivity contribution in [3.8, 4) is 0 Å². The SMILES string of the molecule is COC(=O)c1ccc(NC(=O)CCC(=O)O)c(C)c1. The smallest absolute Gasteiger partial charge is 0.337 e. The highest BCUT2D eigenvalue weighted by Gasteiger charge is 2.10. The third-order valence-electron chi connectivity index (χ3n) is 2.49. The highest BCUT2D eigenvalue weighted by molar-refractivity contribution is 5.95. The maximum absolute atomic E-state index is 11.5. The first-order chi connectivity index (χ1) is 8.93. The number of hydrogen-bond acceptors (Lipinski definition) is 4. The number of esters is 1. The van der Waals surface area contributed by atoms with E-state index >= 15 is 0 Å². The molecular formula is C13H15NO5. The summed E-state index contributed by atoms with van der Waals surface area (Å²) in [6.07, 6.45) is -0.307. The van der Waals surface area contributed by atoms with Gasteiger partial charge in [-0.3, -0.25) is 9.59 Å². The van der Waals surface area contributed by atoms with Gasteiger partial charge in [-0.15, -0.1) is 0 Å². The summed E-state index contributed by atoms with van der Waals surface area (Å²) in [4.78, 5) is 33.1. The van der Waals surface area contributed by atoms with E-state index in [0.29, 0.717) is 16.8 Å². The van der Waals surface area contributed by atoms with Crippen LogP contribution in [0.2, 0.25) is 0 Å². The molecular weight excluding hydrogens is 250 g/mol. The first-order valence-electron chi connectivity index (χ1n) is 5.64. The normalized spacial score (nSPS) is 9.79. The lowest BCUT2D eigenvalue weighted by Crippen LogP contribution is -2.14. The molecule has 0 radical (unpaired) electrons. The number of methoxy groups -OCH3 is 1. The molecule has 0 saturated carbocycles. The van der Waals surface area contributed by atoms with Gasteiger partial charge in [-0.25, -0.2) is 4.79 Å². The Labute approximate surface area is 110 Å². The quantitative estimate of drug-likeness (QED) is 0.788. The minimum Gasteiger partial charge on any atom is -0.481 e. The summed E-state index contributed by atoms with van der Waals surface area (Å²) in [5.74, 6) is -1.85. The molecule has 0 bridgehead atoms. The number of carbonyl (C=O) groups excluding carboxylic acids is 2. The zero-order valence-corrected chi connectivity index (χ0v) is 10.7. The fourth-order valence-electron chi connectivity index (χ4n) is 1.48. The number of anilines is 1. The van der Waals surface area contributed by atoms with Crippen LogP contribution < -0.4 is 5.32 Å². The average molecular weight is 265 g/mol. The van der Waals surface area contributed by atoms with Gasteiger partial charge in [0.05, 0.1) is 19.1 Å². The lowest BCUT2D eigenvalue weighted by Gasteiger charge is -2.09. The highest BCUT2D eigenvalue weighted by Crippen LogP contribution is 2.17. The van der Waals surface area contributed by atoms with E-state index in [0.717, 1.165) is 0 Å². The largest absolute Gasteiger partial charge is 0.481 e. The van der Waals surface area contributed by atoms with Crippen molar-refractivity contribution in [2.24, 2.45) is 0 Å². The lowest BCUT2D eigenvalue weighted by molar-refractivity contribution is -0.138. The van der Waals surface area contributed by atoms with Crippen LogP contribution in [0, 0.1) is 6.92 Å². The molecule has 0 aliphatic heterocycles. The number of hydrogen-bond donors (Lipinski definition) is 2. The molecule has 102 valence electrons. The van der Waals surface area contributed by atoms with Gasteiger partial charge in [-0.2, -0.15) is 0 Å². The Balaban J connectivity index is 2.72. The van der Waals surface area contributed by atoms with Gasteiger partial charge in [-0.1, -0.05) is 0 Å². The number of amides is 1. The van der Waals surface area contributed by atoms with E-state index in [9.17, 15) is 14.4 Å². The standard InChI is InChI=1S/C13H15NO5/c1-8-7-9(13(18)19-2)3-4-10(8)14-11(15)5-6-12(16)17/h3-4,7H,5-6H2,1-2H3,(H,14,15)(H,16,17). The molecule has 1 aromatic carbocycles. The van der Waals surface area contributed by atoms with Gasteiger partial charge in [0.1, 0.15) is 0 Å². The molecule has 0 atom stereocenters. The summed E-state index contributed by atoms with van der Waals surface area (Å²) >= 11 is 0. The molecule has 0 spiro atoms. The van der Waals surface area contributed by atoms with Crippen LogP contribution in [0.3, 0.4) is 0 Å². The third-order valence-corrected chi connectivity index (χ3v) is 2.49. The number of ether oxygens (including phenoxy) is 1. The van der Waals surface area contributed by atoms with Gasteiger partial charge < -0.3 is 15.2 Å². The first-order valence-corrected chi connectivity index (χ1v) is 5.64. The Bertz CT molecular complexity index is 510. The second kappa shape index (κ2) is 6.53. The molecule has 0 heterocycles. The van der Waals surface area contributed by atoms with Crippen LogP contribution in [-0.4, -0.2) is 30.1 Å². The lowest BCUT2D eigenvalue weighted by atomic mass is 10.1. The molecule has 1 aromatic rings. The van der Waals surface area contributed by atoms with Crippen molar-refractivity contribution in [3.05, 3.63) is 29.3 Å². The average Bonchev–Trinajstić information content (AvgIpc) is 2.37. The number of aryl methyl sites for hydroxylation is 1. The summed E-state index contributed by atoms with van der Waals surface area (Å²) in [5, 5.41) is 11.1. The number of nitrogens with one attached hydrogen (secondary N) is 1. The van der Waals surface area contributed by atoms with E-state index in [-0.39, 0.29) is 18.7 Å². The number of benzene rings is 1. The van der Waals surface area contributed by atoms with Crippen LogP contribution >= 0.6 is 0 Å². The zero-order chi connectivity index (χ0) is 14.4. The fourth-order valence-corrected chi connectivity index (χ4v) is 1.48. The number of carboxylic acids is 1. The van der Waals surface area contributed by atoms with Crippen LogP contribution in [0.4, 0.5) is 5.69 Å². The topological polar surface area (TPSA) is 92.7 Å². The monoisotopic (exact) mass is 265 g/mol. The second-order valence-corrected chi connectivity index (χ2v) is 3.96. The number of carbonyl (C=O) groups is 3. The van der Waals surface area contributed by atoms with E-state index in [4.69, 9.17) is 5.11 Å². The summed E-state index contributed by atoms with van der Waals surface area (Å²) in [6, 6.07) is 4.71. The Kier molecular flexibility index (Phi) is 5.05. The molecule has 19 heavy (non-hydrogen) atoms. The molecule has 1 amide bonds. The van der Waals surface area contributed by atoms with E-state index in [2.05, 4.69) is 10.1 Å². The predicted octanol–water partition coefficient (Wildman–Crippen LogP) is 1.58. The Morgan fingerprint density at radius 1 is 1.26 bits per heavy atom. The van der Waals surface area contributed by atoms with Crippen molar-refractivity contribution in [2.75, 3.05) is 12.4 Å². The molecule has 0 aliphatic rings. The van der Waals surface area contributed by atoms with Crippen molar-refractivity contribution in [3.63, 3.8) is 0 Å². The summed E-state index contributed by atoms with van der Waals surface area (Å²) in [5.41, 5.74) is 1.64. The van der Waals surface area contributed by atoms with Crippen molar-refractivity contribution in [1.29, 1.82) is 0 Å². The van der Waals surface area contributed by atoms with Crippen molar-refractivity contribution >= 4 is 23.5 Å². The van der Waals surface area contributed by atoms with E-state index in [1.807, 2.05) is 0 Å². The van der Waals surface area contributed by atoms with E-state index < -0.39 is 11.9 Å². The summed E-state index contributed by atoms with van der Waals surface area (Å²) < 4.78 is 4.59. The molecule has 0 aliphatic carbocycles. The number of carboxylic acid groups (broad SMARTS) is 1. The fraction of sp³-hybridized carbons (Fsp3) is 0.308. The Morgan fingerprint density at radius 3 is 2.47 bits per heavy atom. The molecule has 6 heteroatoms. The van der Waals surface area contributed by atoms with Gasteiger partial charge in [0, 0.05) is 12.1 Å². The van der Waals surface area contributed by atoms with Crippen LogP contribution in [0.15, 0.2) is 18.2 Å². The molecule has 2 N–H and O–H groups in total. The van der Waals surface area contributed by atoms with Crippen LogP contribution in [-0.2, 0) is 14.3 Å². The summed E-state index contributed by atoms with van der Waals surface area (Å²) in [6.45, 7) is 1.74. The van der Waals surface area contributed by atoms with E-state index in [1.54, 1.807) is 19.1 Å². The van der Waals surface area contributed by atoms with Gasteiger partial charge in [0.25, 0.3) is 0 Å². The molecule has 0 saturated heterocycles. The molecule has 1 rings (SSSR count). The molecule has 0 fully saturated rings. The van der Waals surface area contributed by atoms with Crippen molar-refractivity contribution in [2.45, 2.75) is 19.8 Å². The predicted molar refractivity (Wildman–Crippen MR) is 68.0 cm³/mol. The van der Waals surface area contributed by atoms with Gasteiger partial charge >= 0.3 is 11.9 Å². The van der Waals surface area contributed by atoms with Crippen molar-refractivity contribution in [1.82, 2.24) is 0 Å². The number of rotatable bonds is 5. The minimum atomic E-state index is -1.02. The van der Waals surface area contributed by atoms with Gasteiger partial charge in [0.15, 0.2) is 0 Å². The maximum Gasteiger partial charge on any atom is 0.337 e. The van der Waals surface area contributed by atoms with Gasteiger partial charge in [-0.05, 0) is 30.7 Å². The second-order valence-electron chi connectivity index (χ2n) is 3.96. The Morgan fingerprint density at radius 2 is 1.95 bits per heavy atom. The summed E-state index contributed by atoms with van der Waals surface area (Å²) in [7, 11) is 1.29. The zero-order valence-electron chi connectivity index (χ0n) is 10.7. The molecule has 0 aromatic heterocycles. The maximum atomic E-state index is 11.5. The third kappa shape index (κ3) is 4.42. The minimum absolute atomic E-state index is 0.0898. The van der Waals surface area contributed by atoms with Crippen LogP contribution in [0.5, 0.6) is 0 Å². The van der Waals surface area contributed by atoms with Crippen molar-refractivity contribution < 1.29 is 24.2 Å². The van der Waals surface area contributed by atoms with Crippen LogP contribution in [0.1, 0.15) is 28.8 Å². The molecule has 0 unspecified atom stereocenters. The van der Waals surface area contributed by atoms with Gasteiger partial charge in [0.2, 0.25) is 5.91 Å². The van der Waals surface area contributed by atoms with E-state index in [1.165, 1.54) is 13.2 Å².